The van der Waals surface area contributed by atoms with Gasteiger partial charge in [0.25, 0.3) is 0 Å². The Labute approximate surface area is 130 Å². The lowest BCUT2D eigenvalue weighted by atomic mass is 10.2. The van der Waals surface area contributed by atoms with E-state index in [0.29, 0.717) is 18.9 Å². The smallest absolute Gasteiger partial charge is 0.341 e. The summed E-state index contributed by atoms with van der Waals surface area (Å²) in [5.74, 6) is -0.771. The molecule has 0 atom stereocenters. The average Bonchev–Trinajstić information content (AvgIpc) is 2.45. The Balaban J connectivity index is 0.00000400. The molecule has 120 valence electrons. The van der Waals surface area contributed by atoms with E-state index in [9.17, 15) is 9.18 Å². The molecule has 0 saturated carbocycles. The van der Waals surface area contributed by atoms with Crippen molar-refractivity contribution in [3.63, 3.8) is 0 Å². The quantitative estimate of drug-likeness (QED) is 0.737. The second-order valence-corrected chi connectivity index (χ2v) is 4.39. The number of nitrogens with zero attached hydrogens (tertiary/aromatic N) is 1. The van der Waals surface area contributed by atoms with E-state index in [1.54, 1.807) is 0 Å². The molecule has 5 nitrogen and oxygen atoms in total. The molecular formula is C14H22ClFN2O3. The second kappa shape index (κ2) is 10.4. The zero-order valence-corrected chi connectivity index (χ0v) is 13.3. The molecular weight excluding hydrogens is 299 g/mol. The van der Waals surface area contributed by atoms with E-state index in [0.717, 1.165) is 19.2 Å². The fraction of sp³-hybridized carbons (Fsp3) is 0.500. The van der Waals surface area contributed by atoms with Crippen LogP contribution in [0.4, 0.5) is 4.39 Å². The largest absolute Gasteiger partial charge is 0.491 e. The fourth-order valence-corrected chi connectivity index (χ4v) is 1.62. The van der Waals surface area contributed by atoms with Gasteiger partial charge in [0.2, 0.25) is 0 Å². The van der Waals surface area contributed by atoms with Crippen LogP contribution in [0, 0.1) is 5.82 Å². The van der Waals surface area contributed by atoms with Crippen LogP contribution >= 0.6 is 12.4 Å². The number of methoxy groups -OCH3 is 1. The number of halogens is 2. The van der Waals surface area contributed by atoms with Gasteiger partial charge in [-0.1, -0.05) is 0 Å². The van der Waals surface area contributed by atoms with Crippen molar-refractivity contribution in [3.8, 4) is 5.75 Å². The first-order chi connectivity index (χ1) is 9.58. The lowest BCUT2D eigenvalue weighted by Gasteiger charge is -2.17. The minimum Gasteiger partial charge on any atom is -0.491 e. The van der Waals surface area contributed by atoms with Crippen LogP contribution in [0.5, 0.6) is 5.75 Å². The van der Waals surface area contributed by atoms with Crippen LogP contribution in [-0.2, 0) is 4.74 Å². The molecule has 21 heavy (non-hydrogen) atoms. The molecule has 0 amide bonds. The van der Waals surface area contributed by atoms with Crippen LogP contribution in [0.1, 0.15) is 10.4 Å². The number of ether oxygens (including phenoxy) is 2. The molecule has 0 saturated heterocycles. The number of esters is 1. The van der Waals surface area contributed by atoms with Gasteiger partial charge in [-0.3, -0.25) is 0 Å². The fourth-order valence-electron chi connectivity index (χ4n) is 1.62. The molecule has 1 rings (SSSR count). The third kappa shape index (κ3) is 6.75. The summed E-state index contributed by atoms with van der Waals surface area (Å²) >= 11 is 0. The van der Waals surface area contributed by atoms with Gasteiger partial charge in [0.1, 0.15) is 23.7 Å². The first-order valence-electron chi connectivity index (χ1n) is 6.42. The summed E-state index contributed by atoms with van der Waals surface area (Å²) in [6, 6.07) is 3.81. The van der Waals surface area contributed by atoms with Crippen molar-refractivity contribution in [2.24, 2.45) is 0 Å². The number of likely N-dealkylation sites (N-methyl/N-ethyl adjacent to an activating group) is 2. The van der Waals surface area contributed by atoms with Crippen molar-refractivity contribution < 1.29 is 18.7 Å². The predicted molar refractivity (Wildman–Crippen MR) is 81.9 cm³/mol. The van der Waals surface area contributed by atoms with Crippen molar-refractivity contribution in [2.75, 3.05) is 47.4 Å². The summed E-state index contributed by atoms with van der Waals surface area (Å²) in [7, 11) is 5.13. The monoisotopic (exact) mass is 320 g/mol. The SMILES string of the molecule is CNCCN(C)CCOc1ccc(F)cc1C(=O)OC.Cl. The van der Waals surface area contributed by atoms with Gasteiger partial charge < -0.3 is 19.7 Å². The van der Waals surface area contributed by atoms with Crippen LogP contribution in [0.15, 0.2) is 18.2 Å². The summed E-state index contributed by atoms with van der Waals surface area (Å²) < 4.78 is 23.3. The van der Waals surface area contributed by atoms with Gasteiger partial charge in [-0.15, -0.1) is 12.4 Å². The Bertz CT molecular complexity index is 446. The summed E-state index contributed by atoms with van der Waals surface area (Å²) in [5.41, 5.74) is 0.102. The molecule has 1 aromatic rings. The zero-order chi connectivity index (χ0) is 15.0. The highest BCUT2D eigenvalue weighted by molar-refractivity contribution is 5.92. The third-order valence-corrected chi connectivity index (χ3v) is 2.82. The number of benzene rings is 1. The highest BCUT2D eigenvalue weighted by atomic mass is 35.5. The summed E-state index contributed by atoms with van der Waals surface area (Å²) in [4.78, 5) is 13.6. The van der Waals surface area contributed by atoms with E-state index < -0.39 is 11.8 Å². The minimum atomic E-state index is -0.608. The number of nitrogens with one attached hydrogen (secondary N) is 1. The Morgan fingerprint density at radius 1 is 1.38 bits per heavy atom. The first kappa shape index (κ1) is 19.6. The van der Waals surface area contributed by atoms with Crippen molar-refractivity contribution in [1.82, 2.24) is 10.2 Å². The standard InChI is InChI=1S/C14H21FN2O3.ClH/c1-16-6-7-17(2)8-9-20-13-5-4-11(15)10-12(13)14(18)19-3;/h4-5,10,16H,6-9H2,1-3H3;1H. The maximum Gasteiger partial charge on any atom is 0.341 e. The molecule has 7 heteroatoms. The Hall–Kier alpha value is -1.37. The molecule has 0 aliphatic heterocycles. The van der Waals surface area contributed by atoms with Crippen LogP contribution in [0.25, 0.3) is 0 Å². The van der Waals surface area contributed by atoms with Gasteiger partial charge in [-0.05, 0) is 32.3 Å². The Morgan fingerprint density at radius 2 is 2.10 bits per heavy atom. The van der Waals surface area contributed by atoms with Crippen LogP contribution in [0.3, 0.4) is 0 Å². The summed E-state index contributed by atoms with van der Waals surface area (Å²) in [6.07, 6.45) is 0. The Kier molecular flexibility index (Phi) is 9.69. The first-order valence-corrected chi connectivity index (χ1v) is 6.42. The molecule has 1 aromatic carbocycles. The molecule has 0 spiro atoms. The normalized spacial score (nSPS) is 10.1. The van der Waals surface area contributed by atoms with Gasteiger partial charge in [0.15, 0.2) is 0 Å². The number of carbonyl (C=O) groups excluding carboxylic acids is 1. The topological polar surface area (TPSA) is 50.8 Å². The maximum absolute atomic E-state index is 13.2. The van der Waals surface area contributed by atoms with Crippen LogP contribution < -0.4 is 10.1 Å². The van der Waals surface area contributed by atoms with Crippen molar-refractivity contribution >= 4 is 18.4 Å². The molecule has 0 heterocycles. The minimum absolute atomic E-state index is 0. The van der Waals surface area contributed by atoms with Gasteiger partial charge in [-0.25, -0.2) is 9.18 Å². The van der Waals surface area contributed by atoms with E-state index in [4.69, 9.17) is 4.74 Å². The van der Waals surface area contributed by atoms with E-state index in [1.165, 1.54) is 19.2 Å². The Morgan fingerprint density at radius 3 is 2.71 bits per heavy atom. The highest BCUT2D eigenvalue weighted by Gasteiger charge is 2.14. The molecule has 0 bridgehead atoms. The summed E-state index contributed by atoms with van der Waals surface area (Å²) in [5, 5.41) is 3.06. The number of carbonyl (C=O) groups is 1. The van der Waals surface area contributed by atoms with Crippen LogP contribution in [0.2, 0.25) is 0 Å². The van der Waals surface area contributed by atoms with E-state index in [1.807, 2.05) is 14.1 Å². The molecule has 0 unspecified atom stereocenters. The van der Waals surface area contributed by atoms with Crippen molar-refractivity contribution in [2.45, 2.75) is 0 Å². The predicted octanol–water partition coefficient (Wildman–Crippen LogP) is 1.56. The van der Waals surface area contributed by atoms with Gasteiger partial charge in [0.05, 0.1) is 7.11 Å². The lowest BCUT2D eigenvalue weighted by molar-refractivity contribution is 0.0595. The molecule has 0 aliphatic carbocycles. The van der Waals surface area contributed by atoms with Gasteiger partial charge >= 0.3 is 5.97 Å². The van der Waals surface area contributed by atoms with Crippen molar-refractivity contribution in [1.29, 1.82) is 0 Å². The molecule has 1 N–H and O–H groups in total. The average molecular weight is 321 g/mol. The highest BCUT2D eigenvalue weighted by Crippen LogP contribution is 2.20. The second-order valence-electron chi connectivity index (χ2n) is 4.39. The zero-order valence-electron chi connectivity index (χ0n) is 12.5. The maximum atomic E-state index is 13.2. The number of hydrogen-bond donors (Lipinski definition) is 1. The van der Waals surface area contributed by atoms with Gasteiger partial charge in [0, 0.05) is 19.6 Å². The van der Waals surface area contributed by atoms with Gasteiger partial charge in [-0.2, -0.15) is 0 Å². The third-order valence-electron chi connectivity index (χ3n) is 2.82. The number of hydrogen-bond acceptors (Lipinski definition) is 5. The molecule has 0 aliphatic rings. The van der Waals surface area contributed by atoms with Crippen molar-refractivity contribution in [3.05, 3.63) is 29.6 Å². The van der Waals surface area contributed by atoms with E-state index >= 15 is 0 Å². The lowest BCUT2D eigenvalue weighted by Crippen LogP contribution is -2.30. The molecule has 0 fully saturated rings. The summed E-state index contributed by atoms with van der Waals surface area (Å²) in [6.45, 7) is 2.91. The van der Waals surface area contributed by atoms with Crippen LogP contribution in [-0.4, -0.2) is 58.3 Å². The number of rotatable bonds is 8. The molecule has 0 aromatic heterocycles. The molecule has 0 radical (unpaired) electrons. The van der Waals surface area contributed by atoms with E-state index in [2.05, 4.69) is 15.0 Å². The van der Waals surface area contributed by atoms with E-state index in [-0.39, 0.29) is 18.0 Å².